The summed E-state index contributed by atoms with van der Waals surface area (Å²) < 4.78 is 6.21. The molecule has 34 heavy (non-hydrogen) atoms. The molecule has 0 aliphatic rings. The van der Waals surface area contributed by atoms with E-state index in [-0.39, 0.29) is 105 Å². The summed E-state index contributed by atoms with van der Waals surface area (Å²) in [6, 6.07) is 0. The van der Waals surface area contributed by atoms with Crippen molar-refractivity contribution in [3.05, 3.63) is 6.92 Å². The molecule has 0 aliphatic heterocycles. The summed E-state index contributed by atoms with van der Waals surface area (Å²) >= 11 is 0. The second kappa shape index (κ2) is 183. The predicted molar refractivity (Wildman–Crippen MR) is 216 cm³/mol. The first-order chi connectivity index (χ1) is 14.8. The molecule has 0 rings (SSSR count). The Morgan fingerprint density at radius 2 is 0.588 bits per heavy atom. The largest absolute Gasteiger partial charge is 0.346 e. The van der Waals surface area contributed by atoms with E-state index in [2.05, 4.69) is 102 Å². The van der Waals surface area contributed by atoms with E-state index >= 15 is 0 Å². The van der Waals surface area contributed by atoms with E-state index in [4.69, 9.17) is 1.37 Å². The standard InChI is InChI=1S/2C5H12.C4H10.C3H8.3C2H7P.C2H6.C2H5.3HI.Y/c2*1-3-5-4-2;1-3-4-2;4*1-3-2;2*1-2;;;;/h2*3-5H2,1-2H3;3-4H2,1-2H3;3H2,1-2H3;3*3H,1-2H3;1-2H3;1H2,2H3;3*1H;/q;;;;;;;;-1;;;;/i;;;;;;;1D;;;;;. The zero-order valence-electron chi connectivity index (χ0n) is 28.1. The number of unbranched alkanes of at least 4 members (excludes halogenated alkanes) is 5. The summed E-state index contributed by atoms with van der Waals surface area (Å²) in [7, 11) is 3.25. The Labute approximate surface area is 308 Å². The quantitative estimate of drug-likeness (QED) is 0.146. The molecule has 0 atom stereocenters. The first kappa shape index (κ1) is 77.1. The van der Waals surface area contributed by atoms with Crippen LogP contribution in [-0.2, 0) is 32.7 Å². The monoisotopic (exact) mass is 965 g/mol. The Morgan fingerprint density at radius 1 is 0.500 bits per heavy atom. The maximum absolute atomic E-state index is 6.21. The van der Waals surface area contributed by atoms with Crippen LogP contribution in [0.1, 0.15) is 135 Å². The predicted octanol–water partition coefficient (Wildman–Crippen LogP) is 14.1. The van der Waals surface area contributed by atoms with Crippen molar-refractivity contribution in [3.63, 3.8) is 0 Å². The van der Waals surface area contributed by atoms with Crippen molar-refractivity contribution in [2.24, 2.45) is 0 Å². The topological polar surface area (TPSA) is 0 Å². The minimum Gasteiger partial charge on any atom is -0.346 e. The van der Waals surface area contributed by atoms with E-state index < -0.39 is 0 Å². The summed E-state index contributed by atoms with van der Waals surface area (Å²) in [5.41, 5.74) is 0. The smallest absolute Gasteiger partial charge is 0.0228 e. The Morgan fingerprint density at radius 3 is 0.588 bits per heavy atom. The molecule has 0 aromatic heterocycles. The van der Waals surface area contributed by atoms with Crippen LogP contribution in [0.25, 0.3) is 0 Å². The van der Waals surface area contributed by atoms with E-state index in [1.54, 1.807) is 13.8 Å². The molecule has 0 saturated heterocycles. The summed E-state index contributed by atoms with van der Waals surface area (Å²) in [5.74, 6) is 0. The third-order valence-corrected chi connectivity index (χ3v) is 1.91. The van der Waals surface area contributed by atoms with Crippen LogP contribution in [0.15, 0.2) is 0 Å². The zero-order chi connectivity index (χ0) is 27.2. The minimum absolute atomic E-state index is 0. The van der Waals surface area contributed by atoms with E-state index in [1.165, 1.54) is 57.8 Å². The van der Waals surface area contributed by atoms with Gasteiger partial charge >= 0.3 is 0 Å². The van der Waals surface area contributed by atoms with Gasteiger partial charge in [0.05, 0.1) is 0 Å². The molecule has 0 aromatic carbocycles. The van der Waals surface area contributed by atoms with Gasteiger partial charge < -0.3 is 6.92 Å². The normalized spacial score (nSPS) is 6.21. The average molecular weight is 965 g/mol. The average Bonchev–Trinajstić information content (AvgIpc) is 2.74. The van der Waals surface area contributed by atoms with Gasteiger partial charge in [0.15, 0.2) is 0 Å². The molecule has 0 nitrogen and oxygen atoms in total. The number of hydrogen-bond donors (Lipinski definition) is 0. The summed E-state index contributed by atoms with van der Waals surface area (Å²) in [6.07, 6.45) is 12.0. The molecule has 0 unspecified atom stereocenters. The number of halogens is 3. The molecule has 1 radical (unpaired) electrons. The van der Waals surface area contributed by atoms with Crippen LogP contribution in [0.5, 0.6) is 0 Å². The molecule has 0 N–H and O–H groups in total. The van der Waals surface area contributed by atoms with Gasteiger partial charge in [-0.05, 0) is 40.0 Å². The minimum atomic E-state index is 0. The van der Waals surface area contributed by atoms with Crippen molar-refractivity contribution in [2.45, 2.75) is 134 Å². The first-order valence-corrected chi connectivity index (χ1v) is 18.6. The van der Waals surface area contributed by atoms with Gasteiger partial charge in [-0.25, -0.2) is 0 Å². The molecule has 0 aromatic rings. The fraction of sp³-hybridized carbons (Fsp3) is 0.963. The Kier molecular flexibility index (Phi) is 415. The van der Waals surface area contributed by atoms with Gasteiger partial charge in [0, 0.05) is 34.1 Å². The molecular weight excluding hydrogens is 887 g/mol. The second-order valence-electron chi connectivity index (χ2n) is 5.91. The fourth-order valence-electron chi connectivity index (χ4n) is 0.707. The summed E-state index contributed by atoms with van der Waals surface area (Å²) in [4.78, 5) is 0. The van der Waals surface area contributed by atoms with Gasteiger partial charge in [0.2, 0.25) is 0 Å². The van der Waals surface area contributed by atoms with Crippen LogP contribution in [-0.4, -0.2) is 40.0 Å². The zero-order valence-corrected chi connectivity index (χ0v) is 39.9. The summed E-state index contributed by atoms with van der Waals surface area (Å²) in [6.45, 7) is 37.7. The molecule has 0 amide bonds. The van der Waals surface area contributed by atoms with E-state index in [1.807, 2.05) is 0 Å². The molecule has 0 saturated carbocycles. The van der Waals surface area contributed by atoms with Crippen molar-refractivity contribution in [1.29, 1.82) is 0 Å². The van der Waals surface area contributed by atoms with E-state index in [0.29, 0.717) is 6.90 Å². The van der Waals surface area contributed by atoms with Crippen molar-refractivity contribution in [1.82, 2.24) is 0 Å². The molecule has 0 bridgehead atoms. The fourth-order valence-corrected chi connectivity index (χ4v) is 0.707. The summed E-state index contributed by atoms with van der Waals surface area (Å²) in [5, 5.41) is 0. The Hall–Kier alpha value is 4.58. The van der Waals surface area contributed by atoms with Crippen LogP contribution >= 0.6 is 97.7 Å². The molecule has 0 spiro atoms. The van der Waals surface area contributed by atoms with Crippen LogP contribution in [0.2, 0.25) is 0 Å². The molecule has 0 heterocycles. The SMILES string of the molecule is CCC.CCCC.CCCCC.CCCCC.CPC.CPC.CPC.I.I.I.[2H]CC.[CH2-]C.[Y]. The van der Waals surface area contributed by atoms with Gasteiger partial charge in [-0.2, -0.15) is 6.92 Å². The van der Waals surface area contributed by atoms with Gasteiger partial charge in [-0.1, -0.05) is 127 Å². The Bertz CT molecular complexity index is 114. The third-order valence-electron chi connectivity index (χ3n) is 1.91. The van der Waals surface area contributed by atoms with Gasteiger partial charge in [-0.15, -0.1) is 97.7 Å². The molecular formula is C27H77I3P3Y-. The maximum Gasteiger partial charge on any atom is 0.0228 e. The molecule has 225 valence electrons. The third kappa shape index (κ3) is 504. The van der Waals surface area contributed by atoms with Gasteiger partial charge in [-0.3, -0.25) is 0 Å². The van der Waals surface area contributed by atoms with Crippen molar-refractivity contribution < 1.29 is 34.1 Å². The van der Waals surface area contributed by atoms with Gasteiger partial charge in [0.1, 0.15) is 0 Å². The van der Waals surface area contributed by atoms with Crippen molar-refractivity contribution in [3.8, 4) is 0 Å². The Balaban J connectivity index is -0.0000000141. The molecule has 7 heteroatoms. The van der Waals surface area contributed by atoms with Crippen LogP contribution < -0.4 is 0 Å². The van der Waals surface area contributed by atoms with Crippen LogP contribution in [0.4, 0.5) is 0 Å². The van der Waals surface area contributed by atoms with Gasteiger partial charge in [0.25, 0.3) is 0 Å². The van der Waals surface area contributed by atoms with Crippen molar-refractivity contribution in [2.75, 3.05) is 40.0 Å². The van der Waals surface area contributed by atoms with E-state index in [9.17, 15) is 0 Å². The maximum atomic E-state index is 6.21. The number of rotatable bonds is 5. The van der Waals surface area contributed by atoms with Crippen LogP contribution in [0.3, 0.4) is 0 Å². The first-order valence-electron chi connectivity index (χ1n) is 13.3. The molecule has 0 aliphatic carbocycles. The van der Waals surface area contributed by atoms with E-state index in [0.717, 1.165) is 25.7 Å². The van der Waals surface area contributed by atoms with Crippen LogP contribution in [0, 0.1) is 6.92 Å². The number of hydrogen-bond acceptors (Lipinski definition) is 0. The molecule has 0 fully saturated rings. The second-order valence-corrected chi connectivity index (χ2v) is 8.91. The van der Waals surface area contributed by atoms with Crippen molar-refractivity contribution >= 4 is 97.7 Å².